The molecule has 0 aliphatic heterocycles. The Labute approximate surface area is 121 Å². The lowest BCUT2D eigenvalue weighted by molar-refractivity contribution is -0.114. The molecule has 2 rings (SSSR count). The van der Waals surface area contributed by atoms with Gasteiger partial charge in [0.2, 0.25) is 11.1 Å². The Hall–Kier alpha value is -1.89. The topological polar surface area (TPSA) is 72.7 Å². The monoisotopic (exact) mass is 291 g/mol. The number of hydrogen-bond donors (Lipinski definition) is 1. The lowest BCUT2D eigenvalue weighted by atomic mass is 10.3. The van der Waals surface area contributed by atoms with Crippen LogP contribution in [0.2, 0.25) is 0 Å². The maximum atomic E-state index is 11.1. The Morgan fingerprint density at radius 2 is 2.30 bits per heavy atom. The van der Waals surface area contributed by atoms with Crippen molar-refractivity contribution < 1.29 is 4.79 Å². The first kappa shape index (κ1) is 14.5. The molecule has 0 aliphatic rings. The number of unbranched alkanes of at least 4 members (excludes halogenated alkanes) is 1. The zero-order valence-electron chi connectivity index (χ0n) is 11.5. The van der Waals surface area contributed by atoms with Crippen LogP contribution in [0, 0.1) is 0 Å². The van der Waals surface area contributed by atoms with E-state index in [4.69, 9.17) is 0 Å². The molecule has 1 aromatic carbocycles. The number of rotatable bonds is 6. The normalized spacial score (nSPS) is 10.5. The van der Waals surface area contributed by atoms with E-state index in [2.05, 4.69) is 27.8 Å². The maximum absolute atomic E-state index is 11.1. The highest BCUT2D eigenvalue weighted by Crippen LogP contribution is 2.21. The fourth-order valence-corrected chi connectivity index (χ4v) is 2.63. The largest absolute Gasteiger partial charge is 0.326 e. The summed E-state index contributed by atoms with van der Waals surface area (Å²) in [5, 5.41) is 15.3. The Morgan fingerprint density at radius 3 is 3.05 bits per heavy atom. The van der Waals surface area contributed by atoms with E-state index in [1.807, 2.05) is 24.3 Å². The minimum atomic E-state index is -0.101. The fourth-order valence-electron chi connectivity index (χ4n) is 1.66. The van der Waals surface area contributed by atoms with Crippen molar-refractivity contribution in [2.45, 2.75) is 31.8 Å². The van der Waals surface area contributed by atoms with Gasteiger partial charge in [-0.15, -0.1) is 5.10 Å². The van der Waals surface area contributed by atoms with Crippen LogP contribution in [-0.2, 0) is 4.79 Å². The smallest absolute Gasteiger partial charge is 0.221 e. The third-order valence-electron chi connectivity index (χ3n) is 2.58. The van der Waals surface area contributed by atoms with Crippen molar-refractivity contribution in [1.29, 1.82) is 0 Å². The second-order valence-corrected chi connectivity index (χ2v) is 5.37. The van der Waals surface area contributed by atoms with Crippen LogP contribution in [0.25, 0.3) is 5.69 Å². The van der Waals surface area contributed by atoms with Gasteiger partial charge in [0.1, 0.15) is 0 Å². The van der Waals surface area contributed by atoms with E-state index in [0.29, 0.717) is 0 Å². The third-order valence-corrected chi connectivity index (χ3v) is 3.59. The quantitative estimate of drug-likeness (QED) is 0.654. The predicted octanol–water partition coefficient (Wildman–Crippen LogP) is 2.51. The second-order valence-electron chi connectivity index (χ2n) is 4.31. The molecule has 1 aromatic heterocycles. The van der Waals surface area contributed by atoms with Gasteiger partial charge in [0.05, 0.1) is 5.69 Å². The Bertz CT molecular complexity index is 584. The van der Waals surface area contributed by atoms with Crippen molar-refractivity contribution in [3.8, 4) is 5.69 Å². The molecule has 7 heteroatoms. The number of aromatic nitrogens is 4. The van der Waals surface area contributed by atoms with Crippen LogP contribution in [0.1, 0.15) is 26.7 Å². The number of anilines is 1. The molecule has 2 aromatic rings. The highest BCUT2D eigenvalue weighted by atomic mass is 32.2. The number of carbonyl (C=O) groups excluding carboxylic acids is 1. The average molecular weight is 291 g/mol. The summed E-state index contributed by atoms with van der Waals surface area (Å²) >= 11 is 1.63. The Kier molecular flexibility index (Phi) is 5.11. The number of amides is 1. The van der Waals surface area contributed by atoms with E-state index >= 15 is 0 Å². The first-order valence-corrected chi connectivity index (χ1v) is 7.48. The Morgan fingerprint density at radius 1 is 1.45 bits per heavy atom. The van der Waals surface area contributed by atoms with Crippen LogP contribution in [0.3, 0.4) is 0 Å². The van der Waals surface area contributed by atoms with Crippen LogP contribution in [0.4, 0.5) is 5.69 Å². The van der Waals surface area contributed by atoms with Gasteiger partial charge in [-0.2, -0.15) is 4.68 Å². The van der Waals surface area contributed by atoms with Crippen LogP contribution in [0.15, 0.2) is 29.4 Å². The number of hydrogen-bond acceptors (Lipinski definition) is 5. The van der Waals surface area contributed by atoms with Crippen LogP contribution in [0.5, 0.6) is 0 Å². The van der Waals surface area contributed by atoms with E-state index < -0.39 is 0 Å². The number of thioether (sulfide) groups is 1. The first-order valence-electron chi connectivity index (χ1n) is 6.50. The molecule has 106 valence electrons. The number of tetrazole rings is 1. The molecule has 0 saturated heterocycles. The summed E-state index contributed by atoms with van der Waals surface area (Å²) in [4.78, 5) is 11.1. The van der Waals surface area contributed by atoms with Gasteiger partial charge in [0, 0.05) is 18.4 Å². The van der Waals surface area contributed by atoms with Crippen LogP contribution < -0.4 is 5.32 Å². The van der Waals surface area contributed by atoms with Gasteiger partial charge in [-0.1, -0.05) is 31.2 Å². The van der Waals surface area contributed by atoms with Crippen molar-refractivity contribution in [3.63, 3.8) is 0 Å². The lowest BCUT2D eigenvalue weighted by Crippen LogP contribution is -2.07. The van der Waals surface area contributed by atoms with Gasteiger partial charge in [-0.05, 0) is 35.0 Å². The fraction of sp³-hybridized carbons (Fsp3) is 0.385. The number of benzene rings is 1. The van der Waals surface area contributed by atoms with Crippen molar-refractivity contribution >= 4 is 23.4 Å². The molecule has 0 fully saturated rings. The molecule has 0 atom stereocenters. The van der Waals surface area contributed by atoms with E-state index in [1.54, 1.807) is 16.4 Å². The van der Waals surface area contributed by atoms with E-state index in [0.717, 1.165) is 35.1 Å². The van der Waals surface area contributed by atoms with Gasteiger partial charge in [0.25, 0.3) is 0 Å². The summed E-state index contributed by atoms with van der Waals surface area (Å²) < 4.78 is 1.69. The molecule has 1 N–H and O–H groups in total. The number of carbonyl (C=O) groups is 1. The summed E-state index contributed by atoms with van der Waals surface area (Å²) in [6.45, 7) is 3.64. The summed E-state index contributed by atoms with van der Waals surface area (Å²) in [6, 6.07) is 7.45. The highest BCUT2D eigenvalue weighted by Gasteiger charge is 2.09. The molecule has 1 heterocycles. The number of nitrogens with one attached hydrogen (secondary N) is 1. The molecule has 0 unspecified atom stereocenters. The average Bonchev–Trinajstić information content (AvgIpc) is 2.87. The molecule has 1 amide bonds. The zero-order chi connectivity index (χ0) is 14.4. The van der Waals surface area contributed by atoms with Gasteiger partial charge in [-0.25, -0.2) is 0 Å². The van der Waals surface area contributed by atoms with Crippen molar-refractivity contribution in [2.24, 2.45) is 0 Å². The number of nitrogens with zero attached hydrogens (tertiary/aromatic N) is 4. The third kappa shape index (κ3) is 3.80. The maximum Gasteiger partial charge on any atom is 0.221 e. The van der Waals surface area contributed by atoms with E-state index in [-0.39, 0.29) is 5.91 Å². The second kappa shape index (κ2) is 7.04. The predicted molar refractivity (Wildman–Crippen MR) is 79.1 cm³/mol. The molecule has 0 bridgehead atoms. The van der Waals surface area contributed by atoms with Gasteiger partial charge >= 0.3 is 0 Å². The van der Waals surface area contributed by atoms with Gasteiger partial charge in [0.15, 0.2) is 0 Å². The molecule has 0 spiro atoms. The Balaban J connectivity index is 2.18. The van der Waals surface area contributed by atoms with Gasteiger partial charge in [-0.3, -0.25) is 4.79 Å². The molecular formula is C13H17N5OS. The molecule has 6 nitrogen and oxygen atoms in total. The minimum absolute atomic E-state index is 0.101. The summed E-state index contributed by atoms with van der Waals surface area (Å²) in [6.07, 6.45) is 2.27. The van der Waals surface area contributed by atoms with Crippen LogP contribution in [-0.4, -0.2) is 31.9 Å². The summed E-state index contributed by atoms with van der Waals surface area (Å²) in [5.74, 6) is 0.888. The molecule has 0 saturated carbocycles. The first-order chi connectivity index (χ1) is 9.70. The molecule has 0 radical (unpaired) electrons. The zero-order valence-corrected chi connectivity index (χ0v) is 12.4. The summed E-state index contributed by atoms with van der Waals surface area (Å²) in [5.41, 5.74) is 1.57. The van der Waals surface area contributed by atoms with E-state index in [1.165, 1.54) is 6.92 Å². The molecule has 0 aliphatic carbocycles. The minimum Gasteiger partial charge on any atom is -0.326 e. The van der Waals surface area contributed by atoms with Crippen molar-refractivity contribution in [3.05, 3.63) is 24.3 Å². The molecular weight excluding hydrogens is 274 g/mol. The lowest BCUT2D eigenvalue weighted by Gasteiger charge is -2.07. The van der Waals surface area contributed by atoms with Crippen molar-refractivity contribution in [2.75, 3.05) is 11.1 Å². The van der Waals surface area contributed by atoms with E-state index in [9.17, 15) is 4.79 Å². The standard InChI is InChI=1S/C13H17N5OS/c1-3-4-8-20-13-15-16-17-18(13)12-7-5-6-11(9-12)14-10(2)19/h5-7,9H,3-4,8H2,1-2H3,(H,14,19). The SMILES string of the molecule is CCCCSc1nnnn1-c1cccc(NC(C)=O)c1. The van der Waals surface area contributed by atoms with Crippen LogP contribution >= 0.6 is 11.8 Å². The van der Waals surface area contributed by atoms with Gasteiger partial charge < -0.3 is 5.32 Å². The molecule has 20 heavy (non-hydrogen) atoms. The van der Waals surface area contributed by atoms with Crippen molar-refractivity contribution in [1.82, 2.24) is 20.2 Å². The highest BCUT2D eigenvalue weighted by molar-refractivity contribution is 7.99. The summed E-state index contributed by atoms with van der Waals surface area (Å²) in [7, 11) is 0.